The predicted molar refractivity (Wildman–Crippen MR) is 75.9 cm³/mol. The van der Waals surface area contributed by atoms with Crippen LogP contribution in [0.1, 0.15) is 19.4 Å². The number of anilines is 2. The van der Waals surface area contributed by atoms with Crippen LogP contribution in [0.25, 0.3) is 0 Å². The van der Waals surface area contributed by atoms with Gasteiger partial charge in [0.15, 0.2) is 0 Å². The Hall–Kier alpha value is -2.23. The van der Waals surface area contributed by atoms with Gasteiger partial charge < -0.3 is 15.1 Å². The molecule has 2 rings (SSSR count). The van der Waals surface area contributed by atoms with Crippen molar-refractivity contribution >= 4 is 17.3 Å². The van der Waals surface area contributed by atoms with Gasteiger partial charge in [0.25, 0.3) is 0 Å². The van der Waals surface area contributed by atoms with E-state index in [1.807, 2.05) is 44.2 Å². The molecule has 0 saturated carbocycles. The van der Waals surface area contributed by atoms with Crippen LogP contribution in [-0.4, -0.2) is 5.91 Å². The van der Waals surface area contributed by atoms with Crippen molar-refractivity contribution in [2.75, 3.05) is 10.6 Å². The van der Waals surface area contributed by atoms with Crippen molar-refractivity contribution in [2.45, 2.75) is 20.4 Å². The SMILES string of the molecule is CC(C)C(=O)Nc1ccc(NCc2ccoc2)cc1. The van der Waals surface area contributed by atoms with Gasteiger partial charge in [-0.25, -0.2) is 0 Å². The standard InChI is InChI=1S/C15H18N2O2/c1-11(2)15(18)17-14-5-3-13(4-6-14)16-9-12-7-8-19-10-12/h3-8,10-11,16H,9H2,1-2H3,(H,17,18). The average Bonchev–Trinajstić information content (AvgIpc) is 2.91. The van der Waals surface area contributed by atoms with Crippen LogP contribution in [0.4, 0.5) is 11.4 Å². The van der Waals surface area contributed by atoms with Gasteiger partial charge in [-0.2, -0.15) is 0 Å². The monoisotopic (exact) mass is 258 g/mol. The molecule has 0 saturated heterocycles. The lowest BCUT2D eigenvalue weighted by Crippen LogP contribution is -2.17. The fourth-order valence-electron chi connectivity index (χ4n) is 1.56. The number of benzene rings is 1. The molecule has 0 bridgehead atoms. The molecule has 1 aromatic heterocycles. The predicted octanol–water partition coefficient (Wildman–Crippen LogP) is 3.49. The maximum absolute atomic E-state index is 11.5. The minimum atomic E-state index is -0.0149. The fourth-order valence-corrected chi connectivity index (χ4v) is 1.56. The van der Waals surface area contributed by atoms with Crippen molar-refractivity contribution in [2.24, 2.45) is 5.92 Å². The number of furan rings is 1. The van der Waals surface area contributed by atoms with Crippen LogP contribution in [0, 0.1) is 5.92 Å². The molecule has 0 fully saturated rings. The first-order valence-electron chi connectivity index (χ1n) is 6.31. The smallest absolute Gasteiger partial charge is 0.226 e. The minimum Gasteiger partial charge on any atom is -0.472 e. The van der Waals surface area contributed by atoms with Crippen LogP contribution in [0.2, 0.25) is 0 Å². The Balaban J connectivity index is 1.89. The van der Waals surface area contributed by atoms with Crippen LogP contribution < -0.4 is 10.6 Å². The van der Waals surface area contributed by atoms with E-state index in [2.05, 4.69) is 10.6 Å². The highest BCUT2D eigenvalue weighted by atomic mass is 16.3. The van der Waals surface area contributed by atoms with E-state index < -0.39 is 0 Å². The summed E-state index contributed by atoms with van der Waals surface area (Å²) >= 11 is 0. The Morgan fingerprint density at radius 2 is 1.84 bits per heavy atom. The molecule has 4 nitrogen and oxygen atoms in total. The molecule has 0 radical (unpaired) electrons. The van der Waals surface area contributed by atoms with Gasteiger partial charge in [-0.15, -0.1) is 0 Å². The third kappa shape index (κ3) is 3.88. The summed E-state index contributed by atoms with van der Waals surface area (Å²) in [6.45, 7) is 4.46. The highest BCUT2D eigenvalue weighted by Crippen LogP contribution is 2.15. The Labute approximate surface area is 112 Å². The molecule has 0 aliphatic carbocycles. The Morgan fingerprint density at radius 3 is 2.42 bits per heavy atom. The highest BCUT2D eigenvalue weighted by Gasteiger charge is 2.06. The Morgan fingerprint density at radius 1 is 1.16 bits per heavy atom. The molecule has 1 amide bonds. The lowest BCUT2D eigenvalue weighted by atomic mass is 10.2. The molecule has 0 unspecified atom stereocenters. The Bertz CT molecular complexity index is 516. The van der Waals surface area contributed by atoms with Crippen molar-refractivity contribution in [3.05, 3.63) is 48.4 Å². The highest BCUT2D eigenvalue weighted by molar-refractivity contribution is 5.92. The van der Waals surface area contributed by atoms with E-state index in [0.717, 1.165) is 16.9 Å². The number of amides is 1. The number of rotatable bonds is 5. The summed E-state index contributed by atoms with van der Waals surface area (Å²) in [7, 11) is 0. The van der Waals surface area contributed by atoms with Crippen LogP contribution >= 0.6 is 0 Å². The van der Waals surface area contributed by atoms with Crippen LogP contribution in [-0.2, 0) is 11.3 Å². The first-order valence-corrected chi connectivity index (χ1v) is 6.31. The van der Waals surface area contributed by atoms with Gasteiger partial charge in [0.05, 0.1) is 12.5 Å². The Kier molecular flexibility index (Phi) is 4.23. The summed E-state index contributed by atoms with van der Waals surface area (Å²) in [4.78, 5) is 11.5. The molecular formula is C15H18N2O2. The first-order chi connectivity index (χ1) is 9.15. The van der Waals surface area contributed by atoms with E-state index >= 15 is 0 Å². The van der Waals surface area contributed by atoms with Crippen LogP contribution in [0.15, 0.2) is 47.3 Å². The van der Waals surface area contributed by atoms with Crippen molar-refractivity contribution in [3.8, 4) is 0 Å². The van der Waals surface area contributed by atoms with Gasteiger partial charge in [-0.05, 0) is 30.3 Å². The maximum Gasteiger partial charge on any atom is 0.226 e. The molecule has 19 heavy (non-hydrogen) atoms. The fraction of sp³-hybridized carbons (Fsp3) is 0.267. The molecule has 1 heterocycles. The second-order valence-corrected chi connectivity index (χ2v) is 4.71. The number of carbonyl (C=O) groups is 1. The molecule has 0 atom stereocenters. The van der Waals surface area contributed by atoms with E-state index in [0.29, 0.717) is 6.54 Å². The van der Waals surface area contributed by atoms with Crippen molar-refractivity contribution in [3.63, 3.8) is 0 Å². The van der Waals surface area contributed by atoms with E-state index in [-0.39, 0.29) is 11.8 Å². The normalized spacial score (nSPS) is 10.5. The average molecular weight is 258 g/mol. The van der Waals surface area contributed by atoms with Gasteiger partial charge >= 0.3 is 0 Å². The topological polar surface area (TPSA) is 54.3 Å². The number of hydrogen-bond acceptors (Lipinski definition) is 3. The summed E-state index contributed by atoms with van der Waals surface area (Å²) in [5, 5.41) is 6.13. The second kappa shape index (κ2) is 6.09. The van der Waals surface area contributed by atoms with Gasteiger partial charge in [0, 0.05) is 29.4 Å². The number of hydrogen-bond donors (Lipinski definition) is 2. The summed E-state index contributed by atoms with van der Waals surface area (Å²) in [5.74, 6) is 0.0120. The van der Waals surface area contributed by atoms with Gasteiger partial charge in [0.2, 0.25) is 5.91 Å². The summed E-state index contributed by atoms with van der Waals surface area (Å²) in [6.07, 6.45) is 3.37. The third-order valence-electron chi connectivity index (χ3n) is 2.75. The first kappa shape index (κ1) is 13.2. The second-order valence-electron chi connectivity index (χ2n) is 4.71. The van der Waals surface area contributed by atoms with Gasteiger partial charge in [-0.1, -0.05) is 13.8 Å². The maximum atomic E-state index is 11.5. The van der Waals surface area contributed by atoms with Crippen LogP contribution in [0.3, 0.4) is 0 Å². The zero-order chi connectivity index (χ0) is 13.7. The third-order valence-corrected chi connectivity index (χ3v) is 2.75. The molecule has 0 spiro atoms. The largest absolute Gasteiger partial charge is 0.472 e. The molecular weight excluding hydrogens is 240 g/mol. The summed E-state index contributed by atoms with van der Waals surface area (Å²) in [6, 6.07) is 9.58. The molecule has 2 aromatic rings. The molecule has 4 heteroatoms. The summed E-state index contributed by atoms with van der Waals surface area (Å²) < 4.78 is 5.00. The van der Waals surface area contributed by atoms with E-state index in [9.17, 15) is 4.79 Å². The van der Waals surface area contributed by atoms with E-state index in [1.165, 1.54) is 0 Å². The molecule has 2 N–H and O–H groups in total. The van der Waals surface area contributed by atoms with Crippen LogP contribution in [0.5, 0.6) is 0 Å². The zero-order valence-electron chi connectivity index (χ0n) is 11.1. The number of carbonyl (C=O) groups excluding carboxylic acids is 1. The minimum absolute atomic E-state index is 0.0149. The zero-order valence-corrected chi connectivity index (χ0v) is 11.1. The van der Waals surface area contributed by atoms with E-state index in [4.69, 9.17) is 4.42 Å². The molecule has 0 aliphatic rings. The molecule has 1 aromatic carbocycles. The van der Waals surface area contributed by atoms with Gasteiger partial charge in [0.1, 0.15) is 0 Å². The molecule has 0 aliphatic heterocycles. The van der Waals surface area contributed by atoms with Crippen molar-refractivity contribution in [1.82, 2.24) is 0 Å². The lowest BCUT2D eigenvalue weighted by Gasteiger charge is -2.09. The lowest BCUT2D eigenvalue weighted by molar-refractivity contribution is -0.118. The summed E-state index contributed by atoms with van der Waals surface area (Å²) in [5.41, 5.74) is 2.91. The quantitative estimate of drug-likeness (QED) is 0.863. The van der Waals surface area contributed by atoms with Gasteiger partial charge in [-0.3, -0.25) is 4.79 Å². The number of nitrogens with one attached hydrogen (secondary N) is 2. The van der Waals surface area contributed by atoms with Crippen molar-refractivity contribution in [1.29, 1.82) is 0 Å². The van der Waals surface area contributed by atoms with E-state index in [1.54, 1.807) is 12.5 Å². The van der Waals surface area contributed by atoms with Crippen molar-refractivity contribution < 1.29 is 9.21 Å². The molecule has 100 valence electrons.